The fourth-order valence-corrected chi connectivity index (χ4v) is 1.33. The van der Waals surface area contributed by atoms with E-state index in [2.05, 4.69) is 5.32 Å². The van der Waals surface area contributed by atoms with Gasteiger partial charge in [0.2, 0.25) is 5.91 Å². The van der Waals surface area contributed by atoms with Crippen LogP contribution in [-0.2, 0) is 11.3 Å². The molecular weight excluding hydrogens is 192 g/mol. The molecule has 1 atom stereocenters. The molecule has 84 valence electrons. The van der Waals surface area contributed by atoms with Crippen molar-refractivity contribution in [2.75, 3.05) is 0 Å². The van der Waals surface area contributed by atoms with Crippen LogP contribution in [0, 0.1) is 6.92 Å². The summed E-state index contributed by atoms with van der Waals surface area (Å²) in [7, 11) is 0. The summed E-state index contributed by atoms with van der Waals surface area (Å²) < 4.78 is 5.32. The zero-order valence-corrected chi connectivity index (χ0v) is 9.25. The van der Waals surface area contributed by atoms with E-state index in [0.29, 0.717) is 13.0 Å². The van der Waals surface area contributed by atoms with Gasteiger partial charge in [-0.2, -0.15) is 0 Å². The molecular formula is C11H18N2O2. The molecule has 0 aliphatic rings. The molecule has 0 bridgehead atoms. The molecule has 4 nitrogen and oxygen atoms in total. The SMILES string of the molecule is CCC[C@@H](N)C(=O)NCc1ccc(C)o1. The zero-order chi connectivity index (χ0) is 11.3. The maximum Gasteiger partial charge on any atom is 0.237 e. The maximum atomic E-state index is 11.4. The van der Waals surface area contributed by atoms with Crippen molar-refractivity contribution in [1.29, 1.82) is 0 Å². The average molecular weight is 210 g/mol. The minimum atomic E-state index is -0.411. The lowest BCUT2D eigenvalue weighted by Gasteiger charge is -2.09. The van der Waals surface area contributed by atoms with E-state index in [1.165, 1.54) is 0 Å². The van der Waals surface area contributed by atoms with E-state index in [0.717, 1.165) is 17.9 Å². The number of hydrogen-bond acceptors (Lipinski definition) is 3. The number of amides is 1. The van der Waals surface area contributed by atoms with E-state index in [9.17, 15) is 4.79 Å². The van der Waals surface area contributed by atoms with Crippen LogP contribution in [0.5, 0.6) is 0 Å². The molecule has 0 saturated carbocycles. The molecule has 0 aromatic carbocycles. The molecule has 0 spiro atoms. The van der Waals surface area contributed by atoms with Crippen LogP contribution in [0.25, 0.3) is 0 Å². The first kappa shape index (κ1) is 11.8. The van der Waals surface area contributed by atoms with Gasteiger partial charge in [-0.3, -0.25) is 4.79 Å². The average Bonchev–Trinajstić information content (AvgIpc) is 2.61. The van der Waals surface area contributed by atoms with Crippen LogP contribution in [-0.4, -0.2) is 11.9 Å². The number of hydrogen-bond donors (Lipinski definition) is 2. The fourth-order valence-electron chi connectivity index (χ4n) is 1.33. The summed E-state index contributed by atoms with van der Waals surface area (Å²) in [5, 5.41) is 2.74. The van der Waals surface area contributed by atoms with E-state index in [1.807, 2.05) is 26.0 Å². The van der Waals surface area contributed by atoms with Crippen molar-refractivity contribution in [3.05, 3.63) is 23.7 Å². The minimum absolute atomic E-state index is 0.120. The Hall–Kier alpha value is -1.29. The lowest BCUT2D eigenvalue weighted by molar-refractivity contribution is -0.122. The number of aryl methyl sites for hydroxylation is 1. The lowest BCUT2D eigenvalue weighted by atomic mass is 10.2. The molecule has 15 heavy (non-hydrogen) atoms. The number of carbonyl (C=O) groups excluding carboxylic acids is 1. The highest BCUT2D eigenvalue weighted by Crippen LogP contribution is 2.05. The van der Waals surface area contributed by atoms with E-state index < -0.39 is 6.04 Å². The molecule has 0 fully saturated rings. The van der Waals surface area contributed by atoms with Crippen molar-refractivity contribution in [2.45, 2.75) is 39.3 Å². The highest BCUT2D eigenvalue weighted by Gasteiger charge is 2.11. The number of furan rings is 1. The van der Waals surface area contributed by atoms with Crippen LogP contribution in [0.4, 0.5) is 0 Å². The van der Waals surface area contributed by atoms with Crippen molar-refractivity contribution in [3.63, 3.8) is 0 Å². The van der Waals surface area contributed by atoms with Gasteiger partial charge >= 0.3 is 0 Å². The summed E-state index contributed by atoms with van der Waals surface area (Å²) in [5.74, 6) is 1.48. The van der Waals surface area contributed by atoms with Crippen LogP contribution in [0.1, 0.15) is 31.3 Å². The fraction of sp³-hybridized carbons (Fsp3) is 0.545. The van der Waals surface area contributed by atoms with E-state index >= 15 is 0 Å². The van der Waals surface area contributed by atoms with E-state index in [-0.39, 0.29) is 5.91 Å². The molecule has 3 N–H and O–H groups in total. The maximum absolute atomic E-state index is 11.4. The Balaban J connectivity index is 2.34. The summed E-state index contributed by atoms with van der Waals surface area (Å²) in [6.07, 6.45) is 1.62. The van der Waals surface area contributed by atoms with Crippen LogP contribution < -0.4 is 11.1 Å². The molecule has 0 unspecified atom stereocenters. The van der Waals surface area contributed by atoms with E-state index in [1.54, 1.807) is 0 Å². The Kier molecular flexibility index (Phi) is 4.37. The second-order valence-electron chi connectivity index (χ2n) is 3.63. The van der Waals surface area contributed by atoms with Gasteiger partial charge in [0.1, 0.15) is 11.5 Å². The zero-order valence-electron chi connectivity index (χ0n) is 9.25. The van der Waals surface area contributed by atoms with Gasteiger partial charge in [-0.1, -0.05) is 13.3 Å². The predicted molar refractivity (Wildman–Crippen MR) is 58.2 cm³/mol. The topological polar surface area (TPSA) is 68.3 Å². The summed E-state index contributed by atoms with van der Waals surface area (Å²) in [6.45, 7) is 4.28. The standard InChI is InChI=1S/C11H18N2O2/c1-3-4-10(12)11(14)13-7-9-6-5-8(2)15-9/h5-6,10H,3-4,7,12H2,1-2H3,(H,13,14)/t10-/m1/s1. The molecule has 1 aromatic rings. The van der Waals surface area contributed by atoms with Gasteiger partial charge in [0.15, 0.2) is 0 Å². The van der Waals surface area contributed by atoms with Crippen LogP contribution in [0.15, 0.2) is 16.5 Å². The van der Waals surface area contributed by atoms with Gasteiger partial charge in [0.25, 0.3) is 0 Å². The van der Waals surface area contributed by atoms with Gasteiger partial charge in [-0.15, -0.1) is 0 Å². The second-order valence-corrected chi connectivity index (χ2v) is 3.63. The number of carbonyl (C=O) groups is 1. The van der Waals surface area contributed by atoms with Crippen molar-refractivity contribution in [3.8, 4) is 0 Å². The van der Waals surface area contributed by atoms with Gasteiger partial charge in [-0.05, 0) is 25.5 Å². The molecule has 1 amide bonds. The number of rotatable bonds is 5. The van der Waals surface area contributed by atoms with Gasteiger partial charge in [-0.25, -0.2) is 0 Å². The lowest BCUT2D eigenvalue weighted by Crippen LogP contribution is -2.39. The first-order chi connectivity index (χ1) is 7.13. The third-order valence-corrected chi connectivity index (χ3v) is 2.17. The van der Waals surface area contributed by atoms with Crippen LogP contribution >= 0.6 is 0 Å². The number of nitrogens with two attached hydrogens (primary N) is 1. The summed E-state index contributed by atoms with van der Waals surface area (Å²) in [4.78, 5) is 11.4. The van der Waals surface area contributed by atoms with Gasteiger partial charge < -0.3 is 15.5 Å². The highest BCUT2D eigenvalue weighted by atomic mass is 16.3. The van der Waals surface area contributed by atoms with Crippen LogP contribution in [0.2, 0.25) is 0 Å². The normalized spacial score (nSPS) is 12.5. The molecule has 0 aliphatic heterocycles. The minimum Gasteiger partial charge on any atom is -0.465 e. The van der Waals surface area contributed by atoms with Gasteiger partial charge in [0.05, 0.1) is 12.6 Å². The largest absolute Gasteiger partial charge is 0.465 e. The third-order valence-electron chi connectivity index (χ3n) is 2.17. The quantitative estimate of drug-likeness (QED) is 0.770. The highest BCUT2D eigenvalue weighted by molar-refractivity contribution is 5.81. The third kappa shape index (κ3) is 3.75. The van der Waals surface area contributed by atoms with Crippen molar-refractivity contribution >= 4 is 5.91 Å². The summed E-state index contributed by atoms with van der Waals surface area (Å²) in [6, 6.07) is 3.31. The Morgan fingerprint density at radius 3 is 2.87 bits per heavy atom. The number of nitrogens with one attached hydrogen (secondary N) is 1. The predicted octanol–water partition coefficient (Wildman–Crippen LogP) is 1.33. The van der Waals surface area contributed by atoms with E-state index in [4.69, 9.17) is 10.2 Å². The molecule has 0 aliphatic carbocycles. The Morgan fingerprint density at radius 1 is 1.60 bits per heavy atom. The molecule has 1 rings (SSSR count). The Labute approximate surface area is 89.8 Å². The molecule has 1 heterocycles. The first-order valence-electron chi connectivity index (χ1n) is 5.22. The van der Waals surface area contributed by atoms with Crippen molar-refractivity contribution in [2.24, 2.45) is 5.73 Å². The second kappa shape index (κ2) is 5.56. The Morgan fingerprint density at radius 2 is 2.33 bits per heavy atom. The van der Waals surface area contributed by atoms with Gasteiger partial charge in [0, 0.05) is 0 Å². The first-order valence-corrected chi connectivity index (χ1v) is 5.22. The van der Waals surface area contributed by atoms with Crippen molar-refractivity contribution < 1.29 is 9.21 Å². The summed E-state index contributed by atoms with van der Waals surface area (Å²) in [5.41, 5.74) is 5.65. The molecule has 1 aromatic heterocycles. The summed E-state index contributed by atoms with van der Waals surface area (Å²) >= 11 is 0. The molecule has 4 heteroatoms. The smallest absolute Gasteiger partial charge is 0.237 e. The monoisotopic (exact) mass is 210 g/mol. The molecule has 0 saturated heterocycles. The molecule has 0 radical (unpaired) electrons. The van der Waals surface area contributed by atoms with Crippen molar-refractivity contribution in [1.82, 2.24) is 5.32 Å². The Bertz CT molecular complexity index is 320. The van der Waals surface area contributed by atoms with Crippen LogP contribution in [0.3, 0.4) is 0 Å².